The molecule has 2 fully saturated rings. The van der Waals surface area contributed by atoms with E-state index in [4.69, 9.17) is 16.3 Å². The molecule has 3 N–H and O–H groups in total. The van der Waals surface area contributed by atoms with Gasteiger partial charge in [-0.05, 0) is 96.8 Å². The molecule has 2 amide bonds. The Bertz CT molecular complexity index is 2660. The number of likely N-dealkylation sites (tertiary alicyclic amines) is 1. The summed E-state index contributed by atoms with van der Waals surface area (Å²) >= 11 is 6.24. The highest BCUT2D eigenvalue weighted by atomic mass is 35.5. The molecule has 62 heavy (non-hydrogen) atoms. The molecule has 1 aromatic heterocycles. The van der Waals surface area contributed by atoms with Crippen LogP contribution in [0.5, 0.6) is 11.5 Å². The monoisotopic (exact) mass is 879 g/mol. The molecule has 8 rings (SSSR count). The molecular formula is C46H50ClN7O7S. The van der Waals surface area contributed by atoms with E-state index in [0.717, 1.165) is 73.6 Å². The number of fused-ring (bicyclic) bond motifs is 1. The number of nitrogens with zero attached hydrogens (tertiary/aromatic N) is 4. The Labute approximate surface area is 366 Å². The van der Waals surface area contributed by atoms with Gasteiger partial charge in [-0.25, -0.2) is 13.1 Å². The number of piperazine rings is 1. The molecule has 2 saturated heterocycles. The summed E-state index contributed by atoms with van der Waals surface area (Å²) in [5.74, 6) is -0.421. The van der Waals surface area contributed by atoms with E-state index in [1.54, 1.807) is 29.2 Å². The maximum atomic E-state index is 14.1. The molecule has 14 nitrogen and oxygen atoms in total. The standard InChI is InChI=1S/C46H50ClN7O7S/c1-46(2)18-16-33(38(29-46)31-8-10-34(47)11-9-31)30-51-23-25-52(26-24-51)35-12-14-37(41(28-35)61-36-13-15-39-32(27-36)17-19-48-39)45(56)50-62(59,60)42-6-3-5-40(54(57)58)44(42)49-20-22-53-21-4-7-43(53)55/h3,5-6,8-15,17,19,27-28,48-49H,4,7,16,18,20-26,29-30H2,1-2H3,(H,50,56). The van der Waals surface area contributed by atoms with Crippen molar-refractivity contribution in [1.29, 1.82) is 0 Å². The van der Waals surface area contributed by atoms with E-state index in [1.807, 2.05) is 36.5 Å². The molecule has 0 bridgehead atoms. The zero-order chi connectivity index (χ0) is 43.6. The number of aromatic amines is 1. The maximum absolute atomic E-state index is 14.1. The van der Waals surface area contributed by atoms with Gasteiger partial charge in [0.15, 0.2) is 0 Å². The first-order valence-electron chi connectivity index (χ1n) is 20.9. The van der Waals surface area contributed by atoms with Crippen LogP contribution in [0.4, 0.5) is 17.1 Å². The number of halogens is 1. The van der Waals surface area contributed by atoms with Crippen molar-refractivity contribution in [2.75, 3.05) is 62.6 Å². The average Bonchev–Trinajstić information content (AvgIpc) is 3.89. The van der Waals surface area contributed by atoms with E-state index in [0.29, 0.717) is 25.1 Å². The molecule has 4 aromatic carbocycles. The highest BCUT2D eigenvalue weighted by Crippen LogP contribution is 2.43. The van der Waals surface area contributed by atoms with Crippen LogP contribution in [0.15, 0.2) is 102 Å². The number of hydrogen-bond donors (Lipinski definition) is 3. The predicted molar refractivity (Wildman–Crippen MR) is 242 cm³/mol. The number of rotatable bonds is 14. The zero-order valence-electron chi connectivity index (χ0n) is 34.8. The number of nitro benzene ring substituents is 1. The molecule has 3 heterocycles. The highest BCUT2D eigenvalue weighted by Gasteiger charge is 2.32. The molecule has 324 valence electrons. The van der Waals surface area contributed by atoms with Crippen LogP contribution in [-0.4, -0.2) is 92.3 Å². The first kappa shape index (κ1) is 42.8. The van der Waals surface area contributed by atoms with Crippen molar-refractivity contribution in [3.63, 3.8) is 0 Å². The lowest BCUT2D eigenvalue weighted by atomic mass is 9.72. The third-order valence-electron chi connectivity index (χ3n) is 12.1. The Morgan fingerprint density at radius 3 is 2.50 bits per heavy atom. The van der Waals surface area contributed by atoms with Gasteiger partial charge in [-0.15, -0.1) is 0 Å². The molecule has 5 aromatic rings. The van der Waals surface area contributed by atoms with Gasteiger partial charge in [0, 0.05) is 98.7 Å². The number of benzene rings is 4. The van der Waals surface area contributed by atoms with Gasteiger partial charge in [0.25, 0.3) is 21.6 Å². The lowest BCUT2D eigenvalue weighted by molar-refractivity contribution is -0.384. The van der Waals surface area contributed by atoms with Crippen molar-refractivity contribution >= 4 is 67.0 Å². The molecule has 0 saturated carbocycles. The van der Waals surface area contributed by atoms with Crippen LogP contribution < -0.4 is 19.7 Å². The van der Waals surface area contributed by atoms with Gasteiger partial charge in [0.1, 0.15) is 22.1 Å². The Morgan fingerprint density at radius 1 is 0.968 bits per heavy atom. The fourth-order valence-corrected chi connectivity index (χ4v) is 9.95. The Hall–Kier alpha value is -5.90. The number of nitrogens with one attached hydrogen (secondary N) is 3. The molecule has 0 atom stereocenters. The van der Waals surface area contributed by atoms with Gasteiger partial charge in [-0.2, -0.15) is 0 Å². The maximum Gasteiger partial charge on any atom is 0.293 e. The summed E-state index contributed by atoms with van der Waals surface area (Å²) in [7, 11) is -4.68. The number of hydrogen-bond acceptors (Lipinski definition) is 10. The van der Waals surface area contributed by atoms with Crippen LogP contribution in [0.3, 0.4) is 0 Å². The van der Waals surface area contributed by atoms with Crippen LogP contribution in [-0.2, 0) is 14.8 Å². The second-order valence-corrected chi connectivity index (χ2v) is 19.0. The second kappa shape index (κ2) is 17.8. The minimum atomic E-state index is -4.68. The zero-order valence-corrected chi connectivity index (χ0v) is 36.4. The van der Waals surface area contributed by atoms with E-state index >= 15 is 0 Å². The van der Waals surface area contributed by atoms with Gasteiger partial charge in [-0.3, -0.25) is 24.6 Å². The van der Waals surface area contributed by atoms with Crippen LogP contribution in [0.1, 0.15) is 61.9 Å². The summed E-state index contributed by atoms with van der Waals surface area (Å²) in [6.07, 6.45) is 6.13. The molecule has 1 aliphatic carbocycles. The van der Waals surface area contributed by atoms with Gasteiger partial charge < -0.3 is 24.8 Å². The second-order valence-electron chi connectivity index (χ2n) is 17.0. The molecule has 2 aliphatic heterocycles. The normalized spacial score (nSPS) is 17.1. The average molecular weight is 880 g/mol. The number of amides is 2. The summed E-state index contributed by atoms with van der Waals surface area (Å²) in [5.41, 5.74) is 5.22. The smallest absolute Gasteiger partial charge is 0.293 e. The number of para-hydroxylation sites is 1. The number of ether oxygens (including phenoxy) is 1. The summed E-state index contributed by atoms with van der Waals surface area (Å²) < 4.78 is 36.5. The number of nitro groups is 1. The Kier molecular flexibility index (Phi) is 12.3. The number of carbonyl (C=O) groups excluding carboxylic acids is 2. The van der Waals surface area contributed by atoms with Crippen molar-refractivity contribution < 1.29 is 27.7 Å². The largest absolute Gasteiger partial charge is 0.456 e. The first-order valence-corrected chi connectivity index (χ1v) is 22.8. The third-order valence-corrected chi connectivity index (χ3v) is 13.7. The van der Waals surface area contributed by atoms with E-state index in [9.17, 15) is 28.1 Å². The van der Waals surface area contributed by atoms with Crippen molar-refractivity contribution in [2.24, 2.45) is 5.41 Å². The van der Waals surface area contributed by atoms with Crippen LogP contribution in [0.2, 0.25) is 5.02 Å². The van der Waals surface area contributed by atoms with Crippen molar-refractivity contribution in [2.45, 2.75) is 50.8 Å². The molecular weight excluding hydrogens is 830 g/mol. The predicted octanol–water partition coefficient (Wildman–Crippen LogP) is 8.46. The number of allylic oxidation sites excluding steroid dienone is 1. The van der Waals surface area contributed by atoms with Crippen LogP contribution in [0.25, 0.3) is 16.5 Å². The summed E-state index contributed by atoms with van der Waals surface area (Å²) in [5, 5.41) is 16.5. The van der Waals surface area contributed by atoms with E-state index in [2.05, 4.69) is 50.8 Å². The Morgan fingerprint density at radius 2 is 1.76 bits per heavy atom. The molecule has 3 aliphatic rings. The quantitative estimate of drug-likeness (QED) is 0.0727. The molecule has 16 heteroatoms. The minimum absolute atomic E-state index is 0.0325. The number of H-pyrrole nitrogens is 1. The molecule has 0 unspecified atom stereocenters. The van der Waals surface area contributed by atoms with Crippen LogP contribution in [0, 0.1) is 15.5 Å². The SMILES string of the molecule is CC1(C)CCC(CN2CCN(c3ccc(C(=O)NS(=O)(=O)c4cccc([N+](=O)[O-])c4NCCN4CCCC4=O)c(Oc4ccc5[nH]ccc5c4)c3)CC2)=C(c2ccc(Cl)cc2)C1. The number of aromatic nitrogens is 1. The van der Waals surface area contributed by atoms with E-state index in [-0.39, 0.29) is 41.4 Å². The first-order chi connectivity index (χ1) is 29.7. The molecule has 0 radical (unpaired) electrons. The highest BCUT2D eigenvalue weighted by molar-refractivity contribution is 7.90. The fraction of sp³-hybridized carbons (Fsp3) is 0.348. The topological polar surface area (TPSA) is 170 Å². The lowest BCUT2D eigenvalue weighted by Gasteiger charge is -2.39. The van der Waals surface area contributed by atoms with Crippen molar-refractivity contribution in [3.8, 4) is 11.5 Å². The van der Waals surface area contributed by atoms with Gasteiger partial charge in [0.05, 0.1) is 10.5 Å². The van der Waals surface area contributed by atoms with Crippen molar-refractivity contribution in [1.82, 2.24) is 19.5 Å². The van der Waals surface area contributed by atoms with Gasteiger partial charge >= 0.3 is 0 Å². The summed E-state index contributed by atoms with van der Waals surface area (Å²) in [4.78, 5) is 46.6. The lowest BCUT2D eigenvalue weighted by Crippen LogP contribution is -2.47. The van der Waals surface area contributed by atoms with E-state index in [1.165, 1.54) is 34.9 Å². The van der Waals surface area contributed by atoms with Gasteiger partial charge in [-0.1, -0.05) is 49.2 Å². The Balaban J connectivity index is 1.02. The minimum Gasteiger partial charge on any atom is -0.456 e. The molecule has 0 spiro atoms. The fourth-order valence-electron chi connectivity index (χ4n) is 8.66. The van der Waals surface area contributed by atoms with Crippen molar-refractivity contribution in [3.05, 3.63) is 123 Å². The van der Waals surface area contributed by atoms with Gasteiger partial charge in [0.2, 0.25) is 5.91 Å². The number of sulfonamides is 1. The summed E-state index contributed by atoms with van der Waals surface area (Å²) in [6.45, 7) is 9.46. The number of anilines is 2. The third kappa shape index (κ3) is 9.59. The summed E-state index contributed by atoms with van der Waals surface area (Å²) in [6, 6.07) is 24.2. The van der Waals surface area contributed by atoms with Crippen LogP contribution >= 0.6 is 11.6 Å². The van der Waals surface area contributed by atoms with E-state index < -0.39 is 31.4 Å². The number of carbonyl (C=O) groups is 2.